The Balaban J connectivity index is 3.18. The number of hydrogen-bond donors (Lipinski definition) is 2. The van der Waals surface area contributed by atoms with Crippen molar-refractivity contribution in [3.8, 4) is 0 Å². The molecule has 3 nitrogen and oxygen atoms in total. The number of rotatable bonds is 13. The van der Waals surface area contributed by atoms with Crippen molar-refractivity contribution >= 4 is 5.97 Å². The normalized spacial score (nSPS) is 12.9. The van der Waals surface area contributed by atoms with Gasteiger partial charge >= 0.3 is 5.97 Å². The van der Waals surface area contributed by atoms with Gasteiger partial charge in [-0.3, -0.25) is 4.79 Å². The molecular formula is C16H31NO2. The van der Waals surface area contributed by atoms with Gasteiger partial charge in [0.2, 0.25) is 0 Å². The van der Waals surface area contributed by atoms with E-state index < -0.39 is 12.0 Å². The van der Waals surface area contributed by atoms with Gasteiger partial charge in [-0.15, -0.1) is 0 Å². The highest BCUT2D eigenvalue weighted by molar-refractivity contribution is 5.72. The van der Waals surface area contributed by atoms with E-state index in [1.54, 1.807) is 0 Å². The molecule has 3 heteroatoms. The predicted molar refractivity (Wildman–Crippen MR) is 81.2 cm³/mol. The molecular weight excluding hydrogens is 238 g/mol. The predicted octanol–water partition coefficient (Wildman–Crippen LogP) is 4.27. The Kier molecular flexibility index (Phi) is 13.0. The quantitative estimate of drug-likeness (QED) is 0.388. The number of carbonyl (C=O) groups is 1. The zero-order valence-electron chi connectivity index (χ0n) is 12.4. The molecule has 0 fully saturated rings. The minimum Gasteiger partial charge on any atom is -0.480 e. The monoisotopic (exact) mass is 269 g/mol. The zero-order valence-corrected chi connectivity index (χ0v) is 12.4. The molecule has 3 N–H and O–H groups in total. The number of allylic oxidation sites excluding steroid dienone is 2. The molecule has 0 aliphatic carbocycles. The Morgan fingerprint density at radius 2 is 1.53 bits per heavy atom. The van der Waals surface area contributed by atoms with Crippen LogP contribution in [0, 0.1) is 0 Å². The lowest BCUT2D eigenvalue weighted by molar-refractivity contribution is -0.138. The van der Waals surface area contributed by atoms with Gasteiger partial charge < -0.3 is 10.8 Å². The molecule has 0 aliphatic rings. The molecule has 0 amide bonds. The summed E-state index contributed by atoms with van der Waals surface area (Å²) < 4.78 is 0. The van der Waals surface area contributed by atoms with Crippen LogP contribution in [0.2, 0.25) is 0 Å². The van der Waals surface area contributed by atoms with Crippen LogP contribution in [0.15, 0.2) is 12.2 Å². The van der Waals surface area contributed by atoms with Crippen LogP contribution in [0.5, 0.6) is 0 Å². The molecule has 0 aromatic heterocycles. The van der Waals surface area contributed by atoms with E-state index >= 15 is 0 Å². The van der Waals surface area contributed by atoms with Crippen molar-refractivity contribution in [3.05, 3.63) is 12.2 Å². The van der Waals surface area contributed by atoms with Crippen molar-refractivity contribution in [2.24, 2.45) is 5.73 Å². The van der Waals surface area contributed by atoms with Gasteiger partial charge in [-0.2, -0.15) is 0 Å². The van der Waals surface area contributed by atoms with Crippen LogP contribution in [-0.2, 0) is 4.79 Å². The van der Waals surface area contributed by atoms with Gasteiger partial charge in [0, 0.05) is 0 Å². The van der Waals surface area contributed by atoms with Crippen molar-refractivity contribution in [1.82, 2.24) is 0 Å². The molecule has 0 aliphatic heterocycles. The van der Waals surface area contributed by atoms with Crippen molar-refractivity contribution < 1.29 is 9.90 Å². The fourth-order valence-electron chi connectivity index (χ4n) is 2.03. The average Bonchev–Trinajstić information content (AvgIpc) is 2.39. The Morgan fingerprint density at radius 1 is 1.00 bits per heavy atom. The third-order valence-corrected chi connectivity index (χ3v) is 3.34. The number of nitrogens with two attached hydrogens (primary N) is 1. The molecule has 0 saturated carbocycles. The smallest absolute Gasteiger partial charge is 0.320 e. The van der Waals surface area contributed by atoms with Gasteiger partial charge in [-0.05, 0) is 32.1 Å². The molecule has 0 radical (unpaired) electrons. The van der Waals surface area contributed by atoms with E-state index in [1.807, 2.05) is 0 Å². The zero-order chi connectivity index (χ0) is 14.3. The topological polar surface area (TPSA) is 63.3 Å². The van der Waals surface area contributed by atoms with Crippen LogP contribution >= 0.6 is 0 Å². The highest BCUT2D eigenvalue weighted by Gasteiger charge is 2.09. The summed E-state index contributed by atoms with van der Waals surface area (Å²) in [6.45, 7) is 2.24. The van der Waals surface area contributed by atoms with E-state index in [9.17, 15) is 4.79 Å². The molecule has 1 unspecified atom stereocenters. The van der Waals surface area contributed by atoms with Gasteiger partial charge in [0.1, 0.15) is 6.04 Å². The highest BCUT2D eigenvalue weighted by atomic mass is 16.4. The molecule has 0 aromatic rings. The maximum absolute atomic E-state index is 10.5. The number of unbranched alkanes of at least 4 members (excludes halogenated alkanes) is 8. The Morgan fingerprint density at radius 3 is 2.05 bits per heavy atom. The third-order valence-electron chi connectivity index (χ3n) is 3.34. The summed E-state index contributed by atoms with van der Waals surface area (Å²) in [5, 5.41) is 8.63. The molecule has 1 atom stereocenters. The highest BCUT2D eigenvalue weighted by Crippen LogP contribution is 2.08. The average molecular weight is 269 g/mol. The van der Waals surface area contributed by atoms with Gasteiger partial charge in [-0.1, -0.05) is 57.6 Å². The van der Waals surface area contributed by atoms with E-state index in [1.165, 1.54) is 44.9 Å². The van der Waals surface area contributed by atoms with E-state index in [0.29, 0.717) is 6.42 Å². The van der Waals surface area contributed by atoms with Crippen LogP contribution in [-0.4, -0.2) is 17.1 Å². The van der Waals surface area contributed by atoms with Crippen LogP contribution in [0.25, 0.3) is 0 Å². The second-order valence-corrected chi connectivity index (χ2v) is 5.26. The lowest BCUT2D eigenvalue weighted by Crippen LogP contribution is -2.29. The molecule has 19 heavy (non-hydrogen) atoms. The fourth-order valence-corrected chi connectivity index (χ4v) is 2.03. The van der Waals surface area contributed by atoms with E-state index in [-0.39, 0.29) is 0 Å². The van der Waals surface area contributed by atoms with Crippen LogP contribution in [0.1, 0.15) is 77.6 Å². The van der Waals surface area contributed by atoms with Crippen molar-refractivity contribution in [1.29, 1.82) is 0 Å². The Labute approximate surface area is 118 Å². The molecule has 0 bridgehead atoms. The minimum atomic E-state index is -0.883. The molecule has 0 rings (SSSR count). The number of hydrogen-bond acceptors (Lipinski definition) is 2. The van der Waals surface area contributed by atoms with E-state index in [4.69, 9.17) is 10.8 Å². The SMILES string of the molecule is CCCCCC/C=C/CCCCCCC(N)C(=O)O. The lowest BCUT2D eigenvalue weighted by atomic mass is 10.1. The van der Waals surface area contributed by atoms with Gasteiger partial charge in [-0.25, -0.2) is 0 Å². The van der Waals surface area contributed by atoms with Crippen LogP contribution in [0.4, 0.5) is 0 Å². The minimum absolute atomic E-state index is 0.600. The van der Waals surface area contributed by atoms with Crippen molar-refractivity contribution in [2.75, 3.05) is 0 Å². The molecule has 0 saturated heterocycles. The van der Waals surface area contributed by atoms with Crippen molar-refractivity contribution in [2.45, 2.75) is 83.6 Å². The number of carboxylic acid groups (broad SMARTS) is 1. The largest absolute Gasteiger partial charge is 0.480 e. The molecule has 0 aromatic carbocycles. The molecule has 0 spiro atoms. The fraction of sp³-hybridized carbons (Fsp3) is 0.812. The van der Waals surface area contributed by atoms with Crippen LogP contribution < -0.4 is 5.73 Å². The second-order valence-electron chi connectivity index (χ2n) is 5.26. The summed E-state index contributed by atoms with van der Waals surface area (Å²) >= 11 is 0. The first-order chi connectivity index (χ1) is 9.18. The summed E-state index contributed by atoms with van der Waals surface area (Å²) in [6.07, 6.45) is 17.3. The summed E-state index contributed by atoms with van der Waals surface area (Å²) in [5.41, 5.74) is 5.44. The maximum atomic E-state index is 10.5. The molecule has 0 heterocycles. The Hall–Kier alpha value is -0.830. The summed E-state index contributed by atoms with van der Waals surface area (Å²) in [7, 11) is 0. The van der Waals surface area contributed by atoms with Gasteiger partial charge in [0.15, 0.2) is 0 Å². The lowest BCUT2D eigenvalue weighted by Gasteiger charge is -2.05. The summed E-state index contributed by atoms with van der Waals surface area (Å²) in [6, 6.07) is -0.678. The first kappa shape index (κ1) is 18.2. The summed E-state index contributed by atoms with van der Waals surface area (Å²) in [4.78, 5) is 10.5. The van der Waals surface area contributed by atoms with Crippen molar-refractivity contribution in [3.63, 3.8) is 0 Å². The first-order valence-electron chi connectivity index (χ1n) is 7.81. The summed E-state index contributed by atoms with van der Waals surface area (Å²) in [5.74, 6) is -0.883. The second kappa shape index (κ2) is 13.6. The van der Waals surface area contributed by atoms with Gasteiger partial charge in [0.05, 0.1) is 0 Å². The van der Waals surface area contributed by atoms with E-state index in [0.717, 1.165) is 19.3 Å². The van der Waals surface area contributed by atoms with E-state index in [2.05, 4.69) is 19.1 Å². The molecule has 112 valence electrons. The first-order valence-corrected chi connectivity index (χ1v) is 7.81. The van der Waals surface area contributed by atoms with Gasteiger partial charge in [0.25, 0.3) is 0 Å². The maximum Gasteiger partial charge on any atom is 0.320 e. The third kappa shape index (κ3) is 13.4. The number of carboxylic acids is 1. The standard InChI is InChI=1S/C16H31NO2/c1-2-3-4-5-6-7-8-9-10-11-12-13-14-15(17)16(18)19/h7-8,15H,2-6,9-14,17H2,1H3,(H,18,19)/b8-7+. The Bertz CT molecular complexity index is 239. The van der Waals surface area contributed by atoms with Crippen LogP contribution in [0.3, 0.4) is 0 Å². The number of aliphatic carboxylic acids is 1.